The van der Waals surface area contributed by atoms with Crippen molar-refractivity contribution < 1.29 is 9.47 Å². The Balaban J connectivity index is 2.17. The largest absolute Gasteiger partial charge is 0.451 e. The normalized spacial score (nSPS) is 11.5. The number of hydrogen-bond donors (Lipinski definition) is 0. The van der Waals surface area contributed by atoms with E-state index in [0.717, 1.165) is 17.1 Å². The van der Waals surface area contributed by atoms with Crippen LogP contribution in [0.2, 0.25) is 25.7 Å². The van der Waals surface area contributed by atoms with Crippen LogP contribution in [0, 0.1) is 0 Å². The summed E-state index contributed by atoms with van der Waals surface area (Å²) in [5, 5.41) is 0. The van der Waals surface area contributed by atoms with Crippen molar-refractivity contribution in [2.75, 3.05) is 13.4 Å². The number of rotatable bonds is 6. The molecule has 1 aromatic rings. The second-order valence-corrected chi connectivity index (χ2v) is 11.3. The van der Waals surface area contributed by atoms with Gasteiger partial charge in [0.1, 0.15) is 0 Å². The average molecular weight is 304 g/mol. The van der Waals surface area contributed by atoms with Crippen LogP contribution in [0.3, 0.4) is 0 Å². The van der Waals surface area contributed by atoms with Crippen LogP contribution in [-0.4, -0.2) is 26.5 Å². The van der Waals surface area contributed by atoms with E-state index in [4.69, 9.17) is 9.47 Å². The third-order valence-corrected chi connectivity index (χ3v) is 4.18. The van der Waals surface area contributed by atoms with Gasteiger partial charge in [0.05, 0.1) is 0 Å². The van der Waals surface area contributed by atoms with Gasteiger partial charge in [-0.3, -0.25) is 0 Å². The van der Waals surface area contributed by atoms with Gasteiger partial charge < -0.3 is 9.47 Å². The Hall–Kier alpha value is -0.393. The van der Waals surface area contributed by atoms with Gasteiger partial charge in [-0.15, -0.1) is 0 Å². The maximum Gasteiger partial charge on any atom is 0.216 e. The molecule has 3 nitrogen and oxygen atoms in total. The van der Waals surface area contributed by atoms with Gasteiger partial charge in [-0.25, -0.2) is 4.98 Å². The Kier molecular flexibility index (Phi) is 5.44. The molecular formula is C11H18BrNO2Si. The summed E-state index contributed by atoms with van der Waals surface area (Å²) in [7, 11) is -0.999. The lowest BCUT2D eigenvalue weighted by Crippen LogP contribution is -2.22. The summed E-state index contributed by atoms with van der Waals surface area (Å²) in [6.45, 7) is 8.02. The molecule has 1 heterocycles. The lowest BCUT2D eigenvalue weighted by Gasteiger charge is -2.15. The van der Waals surface area contributed by atoms with E-state index in [1.807, 2.05) is 12.1 Å². The predicted octanol–water partition coefficient (Wildman–Crippen LogP) is 3.54. The molecule has 0 aromatic carbocycles. The maximum atomic E-state index is 5.41. The van der Waals surface area contributed by atoms with Crippen LogP contribution in [0.4, 0.5) is 0 Å². The third kappa shape index (κ3) is 6.25. The predicted molar refractivity (Wildman–Crippen MR) is 71.5 cm³/mol. The molecule has 0 spiro atoms. The maximum absolute atomic E-state index is 5.41. The molecule has 0 fully saturated rings. The first-order valence-electron chi connectivity index (χ1n) is 5.29. The molecule has 0 aliphatic rings. The molecule has 0 amide bonds. The van der Waals surface area contributed by atoms with Gasteiger partial charge in [-0.2, -0.15) is 0 Å². The van der Waals surface area contributed by atoms with E-state index in [0.29, 0.717) is 5.88 Å². The quantitative estimate of drug-likeness (QED) is 0.458. The summed E-state index contributed by atoms with van der Waals surface area (Å²) in [6.07, 6.45) is 1.70. The fourth-order valence-electron chi connectivity index (χ4n) is 1.00. The van der Waals surface area contributed by atoms with Crippen LogP contribution >= 0.6 is 15.9 Å². The summed E-state index contributed by atoms with van der Waals surface area (Å²) in [6, 6.07) is 4.84. The van der Waals surface area contributed by atoms with Crippen molar-refractivity contribution in [2.45, 2.75) is 25.7 Å². The van der Waals surface area contributed by atoms with E-state index < -0.39 is 8.07 Å². The van der Waals surface area contributed by atoms with Gasteiger partial charge in [0.25, 0.3) is 0 Å². The van der Waals surface area contributed by atoms with E-state index in [1.165, 1.54) is 0 Å². The van der Waals surface area contributed by atoms with Gasteiger partial charge in [0.15, 0.2) is 6.79 Å². The summed E-state index contributed by atoms with van der Waals surface area (Å²) in [5.74, 6) is 0.586. The Morgan fingerprint density at radius 2 is 2.12 bits per heavy atom. The van der Waals surface area contributed by atoms with Gasteiger partial charge in [-0.1, -0.05) is 35.6 Å². The molecule has 5 heteroatoms. The van der Waals surface area contributed by atoms with E-state index >= 15 is 0 Å². The fraction of sp³-hybridized carbons (Fsp3) is 0.545. The van der Waals surface area contributed by atoms with Crippen LogP contribution < -0.4 is 4.74 Å². The molecule has 0 saturated carbocycles. The first kappa shape index (κ1) is 13.7. The highest BCUT2D eigenvalue weighted by Gasteiger charge is 2.11. The average Bonchev–Trinajstić information content (AvgIpc) is 2.15. The molecular weight excluding hydrogens is 286 g/mol. The minimum Gasteiger partial charge on any atom is -0.451 e. The van der Waals surface area contributed by atoms with Gasteiger partial charge in [0.2, 0.25) is 5.88 Å². The number of ether oxygens (including phenoxy) is 2. The standard InChI is InChI=1S/C11H18BrNO2Si/c1-16(2,3)7-6-14-9-15-11-8-10(12)4-5-13-11/h4-5,8H,6-7,9H2,1-3H3. The lowest BCUT2D eigenvalue weighted by atomic mass is 10.5. The highest BCUT2D eigenvalue weighted by Crippen LogP contribution is 2.14. The molecule has 0 bridgehead atoms. The zero-order valence-corrected chi connectivity index (χ0v) is 12.6. The fourth-order valence-corrected chi connectivity index (χ4v) is 2.07. The van der Waals surface area contributed by atoms with Crippen LogP contribution in [0.1, 0.15) is 0 Å². The van der Waals surface area contributed by atoms with Gasteiger partial charge in [-0.05, 0) is 12.1 Å². The number of nitrogens with zero attached hydrogens (tertiary/aromatic N) is 1. The Labute approximate surface area is 106 Å². The van der Waals surface area contributed by atoms with Gasteiger partial charge >= 0.3 is 0 Å². The van der Waals surface area contributed by atoms with Gasteiger partial charge in [0, 0.05) is 31.4 Å². The minimum absolute atomic E-state index is 0.272. The Morgan fingerprint density at radius 3 is 2.75 bits per heavy atom. The molecule has 0 aliphatic heterocycles. The molecule has 0 unspecified atom stereocenters. The van der Waals surface area contributed by atoms with Crippen LogP contribution in [0.5, 0.6) is 5.88 Å². The molecule has 0 saturated heterocycles. The number of aromatic nitrogens is 1. The van der Waals surface area contributed by atoms with Crippen molar-refractivity contribution in [2.24, 2.45) is 0 Å². The van der Waals surface area contributed by atoms with Crippen molar-refractivity contribution in [3.8, 4) is 5.88 Å². The van der Waals surface area contributed by atoms with Crippen molar-refractivity contribution >= 4 is 24.0 Å². The molecule has 0 N–H and O–H groups in total. The number of pyridine rings is 1. The molecule has 1 rings (SSSR count). The smallest absolute Gasteiger partial charge is 0.216 e. The molecule has 0 atom stereocenters. The summed E-state index contributed by atoms with van der Waals surface area (Å²) >= 11 is 3.36. The van der Waals surface area contributed by atoms with E-state index in [-0.39, 0.29) is 6.79 Å². The number of hydrogen-bond acceptors (Lipinski definition) is 3. The van der Waals surface area contributed by atoms with E-state index in [2.05, 4.69) is 40.6 Å². The second-order valence-electron chi connectivity index (χ2n) is 4.79. The molecule has 16 heavy (non-hydrogen) atoms. The highest BCUT2D eigenvalue weighted by molar-refractivity contribution is 9.10. The first-order valence-corrected chi connectivity index (χ1v) is 9.79. The zero-order valence-electron chi connectivity index (χ0n) is 10.00. The Morgan fingerprint density at radius 1 is 1.38 bits per heavy atom. The van der Waals surface area contributed by atoms with Crippen molar-refractivity contribution in [1.82, 2.24) is 4.98 Å². The number of halogens is 1. The molecule has 90 valence electrons. The zero-order chi connectivity index (χ0) is 12.0. The first-order chi connectivity index (χ1) is 7.47. The van der Waals surface area contributed by atoms with E-state index in [1.54, 1.807) is 6.20 Å². The van der Waals surface area contributed by atoms with Crippen molar-refractivity contribution in [3.63, 3.8) is 0 Å². The highest BCUT2D eigenvalue weighted by atomic mass is 79.9. The second kappa shape index (κ2) is 6.37. The summed E-state index contributed by atoms with van der Waals surface area (Å²) in [5.41, 5.74) is 0. The summed E-state index contributed by atoms with van der Waals surface area (Å²) < 4.78 is 11.7. The van der Waals surface area contributed by atoms with Crippen molar-refractivity contribution in [1.29, 1.82) is 0 Å². The SMILES string of the molecule is C[Si](C)(C)CCOCOc1cc(Br)ccn1. The third-order valence-electron chi connectivity index (χ3n) is 1.98. The van der Waals surface area contributed by atoms with Crippen LogP contribution in [0.25, 0.3) is 0 Å². The molecule has 0 aliphatic carbocycles. The molecule has 0 radical (unpaired) electrons. The Bertz CT molecular complexity index is 328. The minimum atomic E-state index is -0.999. The van der Waals surface area contributed by atoms with E-state index in [9.17, 15) is 0 Å². The monoisotopic (exact) mass is 303 g/mol. The van der Waals surface area contributed by atoms with Crippen LogP contribution in [0.15, 0.2) is 22.8 Å². The summed E-state index contributed by atoms with van der Waals surface area (Å²) in [4.78, 5) is 4.06. The molecule has 1 aromatic heterocycles. The van der Waals surface area contributed by atoms with Crippen molar-refractivity contribution in [3.05, 3.63) is 22.8 Å². The topological polar surface area (TPSA) is 31.4 Å². The lowest BCUT2D eigenvalue weighted by molar-refractivity contribution is 0.0193. The van der Waals surface area contributed by atoms with Crippen LogP contribution in [-0.2, 0) is 4.74 Å².